The van der Waals surface area contributed by atoms with Gasteiger partial charge in [0.1, 0.15) is 0 Å². The topological polar surface area (TPSA) is 12.0 Å². The minimum absolute atomic E-state index is 0.375. The molecule has 0 aromatic heterocycles. The van der Waals surface area contributed by atoms with Gasteiger partial charge in [-0.2, -0.15) is 0 Å². The first-order chi connectivity index (χ1) is 9.69. The van der Waals surface area contributed by atoms with Crippen molar-refractivity contribution in [2.75, 3.05) is 6.54 Å². The van der Waals surface area contributed by atoms with E-state index in [1.54, 1.807) is 0 Å². The second-order valence-electron chi connectivity index (χ2n) is 5.36. The lowest BCUT2D eigenvalue weighted by Gasteiger charge is -2.18. The van der Waals surface area contributed by atoms with Crippen LogP contribution in [0.3, 0.4) is 0 Å². The first kappa shape index (κ1) is 17.8. The summed E-state index contributed by atoms with van der Waals surface area (Å²) in [5.41, 5.74) is 1.23. The van der Waals surface area contributed by atoms with Gasteiger partial charge in [0.25, 0.3) is 0 Å². The fourth-order valence-electron chi connectivity index (χ4n) is 2.41. The molecule has 0 amide bonds. The second-order valence-corrected chi connectivity index (χ2v) is 6.17. The molecule has 1 aromatic carbocycles. The Hall–Kier alpha value is -0.240. The van der Waals surface area contributed by atoms with Crippen LogP contribution in [0.4, 0.5) is 0 Å². The van der Waals surface area contributed by atoms with E-state index >= 15 is 0 Å². The van der Waals surface area contributed by atoms with Gasteiger partial charge in [0, 0.05) is 6.04 Å². The van der Waals surface area contributed by atoms with Crippen molar-refractivity contribution in [3.63, 3.8) is 0 Å². The third-order valence-corrected chi connectivity index (χ3v) is 4.41. The molecule has 20 heavy (non-hydrogen) atoms. The van der Waals surface area contributed by atoms with E-state index in [0.29, 0.717) is 16.1 Å². The van der Waals surface area contributed by atoms with Crippen molar-refractivity contribution in [1.29, 1.82) is 0 Å². The molecule has 0 saturated carbocycles. The molecule has 114 valence electrons. The van der Waals surface area contributed by atoms with E-state index in [9.17, 15) is 0 Å². The minimum Gasteiger partial charge on any atom is -0.310 e. The van der Waals surface area contributed by atoms with Gasteiger partial charge in [-0.15, -0.1) is 0 Å². The van der Waals surface area contributed by atoms with Crippen LogP contribution in [0.15, 0.2) is 18.2 Å². The molecule has 1 N–H and O–H groups in total. The van der Waals surface area contributed by atoms with Gasteiger partial charge in [-0.25, -0.2) is 0 Å². The van der Waals surface area contributed by atoms with Crippen LogP contribution in [0.25, 0.3) is 0 Å². The molecule has 0 fully saturated rings. The molecule has 1 nitrogen and oxygen atoms in total. The van der Waals surface area contributed by atoms with E-state index in [0.717, 1.165) is 13.0 Å². The summed E-state index contributed by atoms with van der Waals surface area (Å²) in [5, 5.41) is 4.89. The van der Waals surface area contributed by atoms with E-state index in [2.05, 4.69) is 25.2 Å². The van der Waals surface area contributed by atoms with Gasteiger partial charge in [0.05, 0.1) is 10.0 Å². The van der Waals surface area contributed by atoms with E-state index in [-0.39, 0.29) is 0 Å². The van der Waals surface area contributed by atoms with E-state index in [4.69, 9.17) is 23.2 Å². The SMILES string of the molecule is CCCCCCCCNC(CC)c1ccc(Cl)c(Cl)c1. The Kier molecular flexibility index (Phi) is 9.33. The molecule has 0 saturated heterocycles. The fourth-order valence-corrected chi connectivity index (χ4v) is 2.72. The normalized spacial score (nSPS) is 12.6. The van der Waals surface area contributed by atoms with Crippen LogP contribution in [-0.2, 0) is 0 Å². The van der Waals surface area contributed by atoms with E-state index in [1.807, 2.05) is 12.1 Å². The third kappa shape index (κ3) is 6.47. The number of hydrogen-bond donors (Lipinski definition) is 1. The zero-order chi connectivity index (χ0) is 14.8. The van der Waals surface area contributed by atoms with Crippen molar-refractivity contribution in [3.8, 4) is 0 Å². The second kappa shape index (κ2) is 10.5. The molecule has 0 radical (unpaired) electrons. The highest BCUT2D eigenvalue weighted by Gasteiger charge is 2.09. The zero-order valence-electron chi connectivity index (χ0n) is 12.7. The quantitative estimate of drug-likeness (QED) is 0.493. The molecule has 3 heteroatoms. The van der Waals surface area contributed by atoms with Gasteiger partial charge in [-0.05, 0) is 37.1 Å². The van der Waals surface area contributed by atoms with Crippen molar-refractivity contribution in [2.24, 2.45) is 0 Å². The van der Waals surface area contributed by atoms with Crippen LogP contribution in [0, 0.1) is 0 Å². The Morgan fingerprint density at radius 3 is 2.30 bits per heavy atom. The van der Waals surface area contributed by atoms with Gasteiger partial charge >= 0.3 is 0 Å². The molecule has 0 spiro atoms. The average Bonchev–Trinajstić information content (AvgIpc) is 2.45. The summed E-state index contributed by atoms with van der Waals surface area (Å²) in [6, 6.07) is 6.30. The van der Waals surface area contributed by atoms with Gasteiger partial charge < -0.3 is 5.32 Å². The summed E-state index contributed by atoms with van der Waals surface area (Å²) in [7, 11) is 0. The highest BCUT2D eigenvalue weighted by molar-refractivity contribution is 6.42. The highest BCUT2D eigenvalue weighted by atomic mass is 35.5. The smallest absolute Gasteiger partial charge is 0.0595 e. The number of unbranched alkanes of at least 4 members (excludes halogenated alkanes) is 5. The van der Waals surface area contributed by atoms with Crippen molar-refractivity contribution < 1.29 is 0 Å². The van der Waals surface area contributed by atoms with Crippen LogP contribution in [0.1, 0.15) is 70.4 Å². The summed E-state index contributed by atoms with van der Waals surface area (Å²) < 4.78 is 0. The summed E-state index contributed by atoms with van der Waals surface area (Å²) in [4.78, 5) is 0. The zero-order valence-corrected chi connectivity index (χ0v) is 14.2. The Balaban J connectivity index is 2.30. The van der Waals surface area contributed by atoms with E-state index in [1.165, 1.54) is 44.1 Å². The summed E-state index contributed by atoms with van der Waals surface area (Å²) in [6.45, 7) is 5.52. The van der Waals surface area contributed by atoms with Gasteiger partial charge in [0.15, 0.2) is 0 Å². The monoisotopic (exact) mass is 315 g/mol. The van der Waals surface area contributed by atoms with E-state index < -0.39 is 0 Å². The molecule has 1 unspecified atom stereocenters. The molecule has 0 aliphatic carbocycles. The third-order valence-electron chi connectivity index (χ3n) is 3.68. The summed E-state index contributed by atoms with van der Waals surface area (Å²) in [5.74, 6) is 0. The maximum Gasteiger partial charge on any atom is 0.0595 e. The Morgan fingerprint density at radius 1 is 0.950 bits per heavy atom. The van der Waals surface area contributed by atoms with Crippen LogP contribution in [0.2, 0.25) is 10.0 Å². The number of rotatable bonds is 10. The lowest BCUT2D eigenvalue weighted by Crippen LogP contribution is -2.21. The van der Waals surface area contributed by atoms with Crippen LogP contribution >= 0.6 is 23.2 Å². The predicted octanol–water partition coefficient (Wildman–Crippen LogP) is 6.39. The van der Waals surface area contributed by atoms with Crippen molar-refractivity contribution in [2.45, 2.75) is 64.8 Å². The Morgan fingerprint density at radius 2 is 1.65 bits per heavy atom. The fraction of sp³-hybridized carbons (Fsp3) is 0.647. The molecule has 1 rings (SSSR count). The molecule has 0 aliphatic heterocycles. The maximum absolute atomic E-state index is 6.09. The highest BCUT2D eigenvalue weighted by Crippen LogP contribution is 2.26. The number of benzene rings is 1. The van der Waals surface area contributed by atoms with Gasteiger partial charge in [0.2, 0.25) is 0 Å². The van der Waals surface area contributed by atoms with Crippen molar-refractivity contribution in [1.82, 2.24) is 5.32 Å². The summed E-state index contributed by atoms with van der Waals surface area (Å²) in [6.07, 6.45) is 9.06. The largest absolute Gasteiger partial charge is 0.310 e. The standard InChI is InChI=1S/C17H27Cl2N/c1-3-5-6-7-8-9-12-20-17(4-2)14-10-11-15(18)16(19)13-14/h10-11,13,17,20H,3-9,12H2,1-2H3. The number of hydrogen-bond acceptors (Lipinski definition) is 1. The van der Waals surface area contributed by atoms with Crippen LogP contribution in [0.5, 0.6) is 0 Å². The van der Waals surface area contributed by atoms with Crippen LogP contribution < -0.4 is 5.32 Å². The number of nitrogens with one attached hydrogen (secondary N) is 1. The van der Waals surface area contributed by atoms with Crippen LogP contribution in [-0.4, -0.2) is 6.54 Å². The molecular weight excluding hydrogens is 289 g/mol. The Bertz CT molecular complexity index is 379. The maximum atomic E-state index is 6.09. The van der Waals surface area contributed by atoms with Gasteiger partial charge in [-0.3, -0.25) is 0 Å². The average molecular weight is 316 g/mol. The molecule has 0 bridgehead atoms. The molecule has 0 aliphatic rings. The lowest BCUT2D eigenvalue weighted by atomic mass is 10.0. The first-order valence-electron chi connectivity index (χ1n) is 7.87. The Labute approximate surface area is 134 Å². The minimum atomic E-state index is 0.375. The van der Waals surface area contributed by atoms with Crippen molar-refractivity contribution in [3.05, 3.63) is 33.8 Å². The van der Waals surface area contributed by atoms with Gasteiger partial charge in [-0.1, -0.05) is 75.2 Å². The molecule has 1 atom stereocenters. The summed E-state index contributed by atoms with van der Waals surface area (Å²) >= 11 is 12.1. The molecule has 1 aromatic rings. The van der Waals surface area contributed by atoms with Crippen molar-refractivity contribution >= 4 is 23.2 Å². The first-order valence-corrected chi connectivity index (χ1v) is 8.63. The lowest BCUT2D eigenvalue weighted by molar-refractivity contribution is 0.493. The molecule has 0 heterocycles. The predicted molar refractivity (Wildman–Crippen MR) is 90.9 cm³/mol. The number of halogens is 2. The molecular formula is C17H27Cl2N.